The van der Waals surface area contributed by atoms with E-state index in [0.717, 1.165) is 43.4 Å². The third kappa shape index (κ3) is 4.75. The average molecular weight is 336 g/mol. The predicted molar refractivity (Wildman–Crippen MR) is 97.3 cm³/mol. The minimum absolute atomic E-state index is 0.000576. The molecule has 2 heterocycles. The van der Waals surface area contributed by atoms with Crippen molar-refractivity contribution < 1.29 is 9.59 Å². The molecule has 0 N–H and O–H groups in total. The van der Waals surface area contributed by atoms with Gasteiger partial charge in [-0.3, -0.25) is 14.6 Å². The first-order valence-electron chi connectivity index (χ1n) is 9.00. The van der Waals surface area contributed by atoms with E-state index in [0.29, 0.717) is 12.8 Å². The maximum absolute atomic E-state index is 12.8. The third-order valence-electron chi connectivity index (χ3n) is 4.79. The average Bonchev–Trinajstić information content (AvgIpc) is 2.89. The predicted octanol–water partition coefficient (Wildman–Crippen LogP) is 3.67. The fourth-order valence-corrected chi connectivity index (χ4v) is 3.45. The van der Waals surface area contributed by atoms with Crippen LogP contribution in [0.1, 0.15) is 48.0 Å². The maximum Gasteiger partial charge on any atom is 0.227 e. The van der Waals surface area contributed by atoms with Gasteiger partial charge in [0.25, 0.3) is 0 Å². The van der Waals surface area contributed by atoms with Crippen LogP contribution in [-0.4, -0.2) is 34.2 Å². The van der Waals surface area contributed by atoms with Crippen LogP contribution in [0.2, 0.25) is 0 Å². The van der Waals surface area contributed by atoms with Gasteiger partial charge < -0.3 is 4.90 Å². The summed E-state index contributed by atoms with van der Waals surface area (Å²) in [7, 11) is 0. The van der Waals surface area contributed by atoms with Crippen LogP contribution in [0.4, 0.5) is 0 Å². The first-order valence-corrected chi connectivity index (χ1v) is 9.00. The van der Waals surface area contributed by atoms with Crippen LogP contribution in [0.3, 0.4) is 0 Å². The number of carbonyl (C=O) groups is 2. The van der Waals surface area contributed by atoms with Gasteiger partial charge in [0.2, 0.25) is 5.91 Å². The largest absolute Gasteiger partial charge is 0.339 e. The molecule has 1 atom stereocenters. The van der Waals surface area contributed by atoms with E-state index in [1.165, 1.54) is 0 Å². The van der Waals surface area contributed by atoms with Gasteiger partial charge in [-0.15, -0.1) is 0 Å². The molecule has 25 heavy (non-hydrogen) atoms. The Kier molecular flexibility index (Phi) is 5.94. The highest BCUT2D eigenvalue weighted by Crippen LogP contribution is 2.22. The third-order valence-corrected chi connectivity index (χ3v) is 4.79. The molecule has 1 fully saturated rings. The van der Waals surface area contributed by atoms with Gasteiger partial charge in [0.05, 0.1) is 6.42 Å². The smallest absolute Gasteiger partial charge is 0.227 e. The molecule has 4 heteroatoms. The molecule has 1 aliphatic heterocycles. The fraction of sp³-hybridized carbons (Fsp3) is 0.381. The Bertz CT molecular complexity index is 700. The van der Waals surface area contributed by atoms with E-state index in [9.17, 15) is 9.59 Å². The fourth-order valence-electron chi connectivity index (χ4n) is 3.45. The summed E-state index contributed by atoms with van der Waals surface area (Å²) in [5.41, 5.74) is 1.65. The SMILES string of the molecule is O=C(CC1CCCCCN1C(=O)Cc1cccnc1)c1ccccc1. The van der Waals surface area contributed by atoms with Gasteiger partial charge in [0.15, 0.2) is 5.78 Å². The van der Waals surface area contributed by atoms with E-state index in [1.807, 2.05) is 47.4 Å². The second kappa shape index (κ2) is 8.56. The number of ketones is 1. The van der Waals surface area contributed by atoms with Crippen LogP contribution < -0.4 is 0 Å². The molecule has 0 saturated carbocycles. The highest BCUT2D eigenvalue weighted by Gasteiger charge is 2.27. The lowest BCUT2D eigenvalue weighted by Gasteiger charge is -2.30. The number of amides is 1. The van der Waals surface area contributed by atoms with Crippen LogP contribution >= 0.6 is 0 Å². The van der Waals surface area contributed by atoms with Crippen molar-refractivity contribution in [2.75, 3.05) is 6.54 Å². The molecule has 1 aromatic carbocycles. The van der Waals surface area contributed by atoms with Gasteiger partial charge >= 0.3 is 0 Å². The Morgan fingerprint density at radius 2 is 1.88 bits per heavy atom. The molecule has 0 radical (unpaired) electrons. The van der Waals surface area contributed by atoms with E-state index in [1.54, 1.807) is 12.4 Å². The van der Waals surface area contributed by atoms with Crippen molar-refractivity contribution in [3.8, 4) is 0 Å². The molecule has 3 rings (SSSR count). The summed E-state index contributed by atoms with van der Waals surface area (Å²) in [4.78, 5) is 31.5. The standard InChI is InChI=1S/C21H24N2O2/c24-20(18-9-3-1-4-10-18)15-19-11-5-2-6-13-23(19)21(25)14-17-8-7-12-22-16-17/h1,3-4,7-10,12,16,19H,2,5-6,11,13-15H2. The number of hydrogen-bond donors (Lipinski definition) is 0. The van der Waals surface area contributed by atoms with E-state index < -0.39 is 0 Å². The number of nitrogens with zero attached hydrogens (tertiary/aromatic N) is 2. The molecular formula is C21H24N2O2. The number of pyridine rings is 1. The van der Waals surface area contributed by atoms with Crippen molar-refractivity contribution >= 4 is 11.7 Å². The van der Waals surface area contributed by atoms with E-state index >= 15 is 0 Å². The monoisotopic (exact) mass is 336 g/mol. The van der Waals surface area contributed by atoms with Crippen molar-refractivity contribution in [1.82, 2.24) is 9.88 Å². The number of aromatic nitrogens is 1. The summed E-state index contributed by atoms with van der Waals surface area (Å²) < 4.78 is 0. The van der Waals surface area contributed by atoms with Crippen molar-refractivity contribution in [3.05, 3.63) is 66.0 Å². The number of Topliss-reactive ketones (excluding diaryl/α,β-unsaturated/α-hetero) is 1. The highest BCUT2D eigenvalue weighted by atomic mass is 16.2. The Hall–Kier alpha value is -2.49. The highest BCUT2D eigenvalue weighted by molar-refractivity contribution is 5.96. The molecule has 1 aromatic heterocycles. The number of likely N-dealkylation sites (tertiary alicyclic amines) is 1. The second-order valence-corrected chi connectivity index (χ2v) is 6.62. The lowest BCUT2D eigenvalue weighted by atomic mass is 9.99. The lowest BCUT2D eigenvalue weighted by Crippen LogP contribution is -2.42. The van der Waals surface area contributed by atoms with E-state index in [-0.39, 0.29) is 17.7 Å². The molecule has 0 spiro atoms. The summed E-state index contributed by atoms with van der Waals surface area (Å²) in [6, 6.07) is 13.1. The van der Waals surface area contributed by atoms with Crippen LogP contribution in [0, 0.1) is 0 Å². The summed E-state index contributed by atoms with van der Waals surface area (Å²) >= 11 is 0. The van der Waals surface area contributed by atoms with Crippen LogP contribution in [-0.2, 0) is 11.2 Å². The molecule has 4 nitrogen and oxygen atoms in total. The zero-order chi connectivity index (χ0) is 17.5. The molecule has 0 bridgehead atoms. The molecular weight excluding hydrogens is 312 g/mol. The second-order valence-electron chi connectivity index (χ2n) is 6.62. The van der Waals surface area contributed by atoms with Gasteiger partial charge in [-0.2, -0.15) is 0 Å². The molecule has 1 unspecified atom stereocenters. The summed E-state index contributed by atoms with van der Waals surface area (Å²) in [6.45, 7) is 0.742. The maximum atomic E-state index is 12.8. The van der Waals surface area contributed by atoms with Crippen LogP contribution in [0.25, 0.3) is 0 Å². The van der Waals surface area contributed by atoms with Crippen LogP contribution in [0.15, 0.2) is 54.9 Å². The topological polar surface area (TPSA) is 50.3 Å². The first kappa shape index (κ1) is 17.3. The zero-order valence-electron chi connectivity index (χ0n) is 14.4. The van der Waals surface area contributed by atoms with Gasteiger partial charge in [-0.25, -0.2) is 0 Å². The number of carbonyl (C=O) groups excluding carboxylic acids is 2. The lowest BCUT2D eigenvalue weighted by molar-refractivity contribution is -0.132. The molecule has 0 aliphatic carbocycles. The van der Waals surface area contributed by atoms with Crippen LogP contribution in [0.5, 0.6) is 0 Å². The number of hydrogen-bond acceptors (Lipinski definition) is 3. The van der Waals surface area contributed by atoms with Gasteiger partial charge in [-0.05, 0) is 24.5 Å². The zero-order valence-corrected chi connectivity index (χ0v) is 14.4. The van der Waals surface area contributed by atoms with Crippen molar-refractivity contribution in [3.63, 3.8) is 0 Å². The van der Waals surface area contributed by atoms with Gasteiger partial charge in [-0.1, -0.05) is 49.2 Å². The molecule has 1 aliphatic rings. The summed E-state index contributed by atoms with van der Waals surface area (Å²) in [5.74, 6) is 0.215. The van der Waals surface area contributed by atoms with Gasteiger partial charge in [0, 0.05) is 37.0 Å². The van der Waals surface area contributed by atoms with E-state index in [4.69, 9.17) is 0 Å². The van der Waals surface area contributed by atoms with E-state index in [2.05, 4.69) is 4.98 Å². The minimum atomic E-state index is -0.000576. The Balaban J connectivity index is 1.70. The first-order chi connectivity index (χ1) is 12.2. The molecule has 1 saturated heterocycles. The quantitative estimate of drug-likeness (QED) is 0.783. The Morgan fingerprint density at radius 3 is 2.64 bits per heavy atom. The number of rotatable bonds is 5. The Morgan fingerprint density at radius 1 is 1.04 bits per heavy atom. The van der Waals surface area contributed by atoms with Crippen molar-refractivity contribution in [2.45, 2.75) is 44.6 Å². The summed E-state index contributed by atoms with van der Waals surface area (Å²) in [6.07, 6.45) is 8.30. The minimum Gasteiger partial charge on any atom is -0.339 e. The van der Waals surface area contributed by atoms with Crippen molar-refractivity contribution in [1.29, 1.82) is 0 Å². The van der Waals surface area contributed by atoms with Crippen molar-refractivity contribution in [2.24, 2.45) is 0 Å². The van der Waals surface area contributed by atoms with Gasteiger partial charge in [0.1, 0.15) is 0 Å². The normalized spacial score (nSPS) is 17.8. The summed E-state index contributed by atoms with van der Waals surface area (Å²) in [5, 5.41) is 0. The number of benzene rings is 1. The molecule has 2 aromatic rings. The molecule has 1 amide bonds. The molecule has 130 valence electrons. The Labute approximate surface area is 148 Å².